The Morgan fingerprint density at radius 1 is 1.06 bits per heavy atom. The minimum atomic E-state index is -0.549. The number of anilines is 1. The molecule has 2 aromatic carbocycles. The maximum Gasteiger partial charge on any atom is 0.327 e. The maximum atomic E-state index is 12.9. The largest absolute Gasteiger partial charge is 0.482 e. The van der Waals surface area contributed by atoms with E-state index < -0.39 is 6.04 Å². The van der Waals surface area contributed by atoms with E-state index in [0.29, 0.717) is 49.2 Å². The van der Waals surface area contributed by atoms with Gasteiger partial charge in [-0.05, 0) is 29.8 Å². The molecule has 2 aliphatic rings. The summed E-state index contributed by atoms with van der Waals surface area (Å²) in [5, 5.41) is 0.596. The van der Waals surface area contributed by atoms with E-state index in [-0.39, 0.29) is 30.8 Å². The molecule has 2 aliphatic heterocycles. The third-order valence-electron chi connectivity index (χ3n) is 6.00. The molecule has 0 saturated carbocycles. The highest BCUT2D eigenvalue weighted by Crippen LogP contribution is 2.31. The standard InChI is InChI=1S/C24H26ClN3O5/c1-32-24(31)23(17-6-8-18(25)9-7-17)27-14-12-26(13-15-27)21(29)10-11-28-19-4-2-3-5-20(19)33-16-22(28)30/h2-9,23H,10-16H2,1H3. The van der Waals surface area contributed by atoms with Gasteiger partial charge in [0, 0.05) is 44.2 Å². The van der Waals surface area contributed by atoms with E-state index in [1.54, 1.807) is 21.9 Å². The fourth-order valence-electron chi connectivity index (χ4n) is 4.25. The number of carbonyl (C=O) groups excluding carboxylic acids is 3. The predicted molar refractivity (Wildman–Crippen MR) is 123 cm³/mol. The average Bonchev–Trinajstić information content (AvgIpc) is 2.85. The number of methoxy groups -OCH3 is 1. The zero-order chi connectivity index (χ0) is 23.4. The van der Waals surface area contributed by atoms with Crippen molar-refractivity contribution in [2.45, 2.75) is 12.5 Å². The lowest BCUT2D eigenvalue weighted by Crippen LogP contribution is -2.51. The summed E-state index contributed by atoms with van der Waals surface area (Å²) in [7, 11) is 1.37. The molecule has 8 nitrogen and oxygen atoms in total. The molecule has 4 rings (SSSR count). The van der Waals surface area contributed by atoms with E-state index in [0.717, 1.165) is 5.56 Å². The normalized spacial score (nSPS) is 17.2. The van der Waals surface area contributed by atoms with Crippen LogP contribution in [0.4, 0.5) is 5.69 Å². The number of hydrogen-bond acceptors (Lipinski definition) is 6. The molecule has 9 heteroatoms. The van der Waals surface area contributed by atoms with Gasteiger partial charge in [-0.1, -0.05) is 35.9 Å². The highest BCUT2D eigenvalue weighted by atomic mass is 35.5. The van der Waals surface area contributed by atoms with Crippen LogP contribution >= 0.6 is 11.6 Å². The van der Waals surface area contributed by atoms with E-state index in [1.165, 1.54) is 7.11 Å². The molecule has 1 fully saturated rings. The van der Waals surface area contributed by atoms with E-state index in [9.17, 15) is 14.4 Å². The number of esters is 1. The second-order valence-electron chi connectivity index (χ2n) is 7.95. The summed E-state index contributed by atoms with van der Waals surface area (Å²) in [6.45, 7) is 2.33. The van der Waals surface area contributed by atoms with E-state index in [1.807, 2.05) is 41.3 Å². The van der Waals surface area contributed by atoms with Gasteiger partial charge in [-0.25, -0.2) is 4.79 Å². The van der Waals surface area contributed by atoms with Crippen LogP contribution in [0, 0.1) is 0 Å². The van der Waals surface area contributed by atoms with Crippen molar-refractivity contribution in [1.82, 2.24) is 9.80 Å². The van der Waals surface area contributed by atoms with Gasteiger partial charge >= 0.3 is 5.97 Å². The number of amides is 2. The first kappa shape index (κ1) is 23.1. The minimum Gasteiger partial charge on any atom is -0.482 e. The fraction of sp³-hybridized carbons (Fsp3) is 0.375. The summed E-state index contributed by atoms with van der Waals surface area (Å²) in [4.78, 5) is 43.1. The van der Waals surface area contributed by atoms with Crippen LogP contribution in [-0.2, 0) is 19.1 Å². The Bertz CT molecular complexity index is 1020. The monoisotopic (exact) mass is 471 g/mol. The van der Waals surface area contributed by atoms with Crippen molar-refractivity contribution >= 4 is 35.1 Å². The Morgan fingerprint density at radius 2 is 1.76 bits per heavy atom. The zero-order valence-electron chi connectivity index (χ0n) is 18.4. The Balaban J connectivity index is 1.35. The lowest BCUT2D eigenvalue weighted by atomic mass is 10.0. The van der Waals surface area contributed by atoms with Crippen LogP contribution in [0.2, 0.25) is 5.02 Å². The summed E-state index contributed by atoms with van der Waals surface area (Å²) >= 11 is 5.99. The number of ether oxygens (including phenoxy) is 2. The number of nitrogens with zero attached hydrogens (tertiary/aromatic N) is 3. The Kier molecular flexibility index (Phi) is 7.15. The number of carbonyl (C=O) groups is 3. The first-order valence-electron chi connectivity index (χ1n) is 10.8. The van der Waals surface area contributed by atoms with E-state index in [2.05, 4.69) is 0 Å². The molecule has 0 spiro atoms. The van der Waals surface area contributed by atoms with Crippen LogP contribution in [0.1, 0.15) is 18.0 Å². The molecular weight excluding hydrogens is 446 g/mol. The van der Waals surface area contributed by atoms with Crippen LogP contribution in [-0.4, -0.2) is 74.0 Å². The van der Waals surface area contributed by atoms with Crippen LogP contribution in [0.15, 0.2) is 48.5 Å². The van der Waals surface area contributed by atoms with Crippen molar-refractivity contribution in [3.63, 3.8) is 0 Å². The Labute approximate surface area is 197 Å². The van der Waals surface area contributed by atoms with Gasteiger partial charge in [0.05, 0.1) is 12.8 Å². The molecule has 0 bridgehead atoms. The molecule has 2 amide bonds. The first-order chi connectivity index (χ1) is 16.0. The van der Waals surface area contributed by atoms with Gasteiger partial charge in [0.1, 0.15) is 11.8 Å². The van der Waals surface area contributed by atoms with Gasteiger partial charge < -0.3 is 19.3 Å². The number of para-hydroxylation sites is 2. The highest BCUT2D eigenvalue weighted by Gasteiger charge is 2.33. The smallest absolute Gasteiger partial charge is 0.327 e. The number of halogens is 1. The predicted octanol–water partition coefficient (Wildman–Crippen LogP) is 2.51. The summed E-state index contributed by atoms with van der Waals surface area (Å²) < 4.78 is 10.5. The van der Waals surface area contributed by atoms with Crippen LogP contribution in [0.5, 0.6) is 5.75 Å². The van der Waals surface area contributed by atoms with Crippen molar-refractivity contribution in [2.75, 3.05) is 51.3 Å². The molecule has 0 N–H and O–H groups in total. The number of hydrogen-bond donors (Lipinski definition) is 0. The lowest BCUT2D eigenvalue weighted by molar-refractivity contribution is -0.148. The van der Waals surface area contributed by atoms with Crippen molar-refractivity contribution in [2.24, 2.45) is 0 Å². The highest BCUT2D eigenvalue weighted by molar-refractivity contribution is 6.30. The molecule has 33 heavy (non-hydrogen) atoms. The lowest BCUT2D eigenvalue weighted by Gasteiger charge is -2.38. The fourth-order valence-corrected chi connectivity index (χ4v) is 4.37. The minimum absolute atomic E-state index is 0.0208. The molecule has 1 unspecified atom stereocenters. The topological polar surface area (TPSA) is 79.4 Å². The van der Waals surface area contributed by atoms with Gasteiger partial charge in [0.15, 0.2) is 6.61 Å². The van der Waals surface area contributed by atoms with Crippen molar-refractivity contribution in [1.29, 1.82) is 0 Å². The molecular formula is C24H26ClN3O5. The van der Waals surface area contributed by atoms with Gasteiger partial charge in [0.25, 0.3) is 5.91 Å². The van der Waals surface area contributed by atoms with Crippen molar-refractivity contribution in [3.8, 4) is 5.75 Å². The molecule has 0 aromatic heterocycles. The number of fused-ring (bicyclic) bond motifs is 1. The zero-order valence-corrected chi connectivity index (χ0v) is 19.2. The molecule has 0 radical (unpaired) electrons. The molecule has 0 aliphatic carbocycles. The second kappa shape index (κ2) is 10.2. The first-order valence-corrected chi connectivity index (χ1v) is 11.2. The van der Waals surface area contributed by atoms with Crippen molar-refractivity contribution < 1.29 is 23.9 Å². The molecule has 2 aromatic rings. The number of rotatable bonds is 6. The average molecular weight is 472 g/mol. The summed E-state index contributed by atoms with van der Waals surface area (Å²) in [5.41, 5.74) is 1.49. The molecule has 1 atom stereocenters. The Hall–Kier alpha value is -3.10. The summed E-state index contributed by atoms with van der Waals surface area (Å²) in [5.74, 6) is 0.124. The van der Waals surface area contributed by atoms with Gasteiger partial charge in [0.2, 0.25) is 5.91 Å². The summed E-state index contributed by atoms with van der Waals surface area (Å²) in [6.07, 6.45) is 0.220. The van der Waals surface area contributed by atoms with E-state index >= 15 is 0 Å². The van der Waals surface area contributed by atoms with Gasteiger partial charge in [-0.3, -0.25) is 14.5 Å². The SMILES string of the molecule is COC(=O)C(c1ccc(Cl)cc1)N1CCN(C(=O)CCN2C(=O)COc3ccccc32)CC1. The van der Waals surface area contributed by atoms with Crippen LogP contribution in [0.3, 0.4) is 0 Å². The second-order valence-corrected chi connectivity index (χ2v) is 8.38. The molecule has 2 heterocycles. The molecule has 174 valence electrons. The third-order valence-corrected chi connectivity index (χ3v) is 6.25. The maximum absolute atomic E-state index is 12.9. The third kappa shape index (κ3) is 5.12. The Morgan fingerprint density at radius 3 is 2.45 bits per heavy atom. The van der Waals surface area contributed by atoms with Crippen molar-refractivity contribution in [3.05, 3.63) is 59.1 Å². The van der Waals surface area contributed by atoms with Crippen LogP contribution in [0.25, 0.3) is 0 Å². The van der Waals surface area contributed by atoms with Gasteiger partial charge in [-0.2, -0.15) is 0 Å². The van der Waals surface area contributed by atoms with Crippen LogP contribution < -0.4 is 9.64 Å². The summed E-state index contributed by atoms with van der Waals surface area (Å²) in [6, 6.07) is 13.9. The van der Waals surface area contributed by atoms with E-state index in [4.69, 9.17) is 21.1 Å². The number of benzene rings is 2. The quantitative estimate of drug-likeness (QED) is 0.602. The molecule has 1 saturated heterocycles. The number of piperazine rings is 1. The van der Waals surface area contributed by atoms with Gasteiger partial charge in [-0.15, -0.1) is 0 Å².